The van der Waals surface area contributed by atoms with E-state index in [1.54, 1.807) is 7.05 Å². The van der Waals surface area contributed by atoms with Crippen LogP contribution in [0.3, 0.4) is 0 Å². The summed E-state index contributed by atoms with van der Waals surface area (Å²) in [7, 11) is 1.75. The quantitative estimate of drug-likeness (QED) is 0.254. The number of hydrogen-bond donors (Lipinski definition) is 3. The van der Waals surface area contributed by atoms with E-state index in [-0.39, 0.29) is 36.0 Å². The van der Waals surface area contributed by atoms with Crippen molar-refractivity contribution in [1.82, 2.24) is 16.0 Å². The minimum atomic E-state index is 0. The molecule has 1 saturated carbocycles. The van der Waals surface area contributed by atoms with Crippen LogP contribution in [0.5, 0.6) is 0 Å². The van der Waals surface area contributed by atoms with E-state index in [1.807, 2.05) is 6.92 Å². The fourth-order valence-corrected chi connectivity index (χ4v) is 3.22. The van der Waals surface area contributed by atoms with E-state index < -0.39 is 0 Å². The molecule has 1 rings (SSSR count). The van der Waals surface area contributed by atoms with E-state index in [0.29, 0.717) is 24.9 Å². The number of nitrogens with one attached hydrogen (secondary N) is 3. The molecule has 1 aliphatic carbocycles. The predicted molar refractivity (Wildman–Crippen MR) is 119 cm³/mol. The number of amides is 1. The first-order valence-electron chi connectivity index (χ1n) is 9.92. The first-order valence-corrected chi connectivity index (χ1v) is 9.92. The molecule has 0 radical (unpaired) electrons. The number of guanidine groups is 1. The number of halogens is 1. The SMILES string of the molecule is CCOC(CCNC(=NC)NCCC(=O)NC1CCCCC1)C(C)C.I. The Labute approximate surface area is 176 Å². The highest BCUT2D eigenvalue weighted by Crippen LogP contribution is 2.17. The fourth-order valence-electron chi connectivity index (χ4n) is 3.22. The van der Waals surface area contributed by atoms with Crippen LogP contribution >= 0.6 is 24.0 Å². The zero-order valence-electron chi connectivity index (χ0n) is 17.0. The van der Waals surface area contributed by atoms with Crippen molar-refractivity contribution in [3.63, 3.8) is 0 Å². The van der Waals surface area contributed by atoms with Crippen LogP contribution < -0.4 is 16.0 Å². The van der Waals surface area contributed by atoms with Gasteiger partial charge >= 0.3 is 0 Å². The summed E-state index contributed by atoms with van der Waals surface area (Å²) in [4.78, 5) is 16.2. The average Bonchev–Trinajstić information content (AvgIpc) is 2.60. The summed E-state index contributed by atoms with van der Waals surface area (Å²) in [6.07, 6.45) is 7.70. The Morgan fingerprint density at radius 2 is 1.81 bits per heavy atom. The van der Waals surface area contributed by atoms with E-state index in [1.165, 1.54) is 19.3 Å². The van der Waals surface area contributed by atoms with Crippen molar-refractivity contribution >= 4 is 35.8 Å². The molecule has 0 heterocycles. The van der Waals surface area contributed by atoms with Gasteiger partial charge in [-0.2, -0.15) is 0 Å². The Bertz CT molecular complexity index is 399. The van der Waals surface area contributed by atoms with Crippen molar-refractivity contribution in [2.24, 2.45) is 10.9 Å². The molecule has 0 aromatic heterocycles. The highest BCUT2D eigenvalue weighted by Gasteiger charge is 2.15. The zero-order valence-corrected chi connectivity index (χ0v) is 19.3. The van der Waals surface area contributed by atoms with Gasteiger partial charge in [0.15, 0.2) is 5.96 Å². The molecule has 0 aromatic rings. The van der Waals surface area contributed by atoms with E-state index in [4.69, 9.17) is 4.74 Å². The minimum Gasteiger partial charge on any atom is -0.378 e. The number of nitrogens with zero attached hydrogens (tertiary/aromatic N) is 1. The average molecular weight is 482 g/mol. The first-order chi connectivity index (χ1) is 12.1. The molecular formula is C19H39IN4O2. The van der Waals surface area contributed by atoms with Crippen molar-refractivity contribution in [3.05, 3.63) is 0 Å². The molecule has 1 fully saturated rings. The molecule has 0 aliphatic heterocycles. The molecule has 1 amide bonds. The standard InChI is InChI=1S/C19H38N4O2.HI/c1-5-25-17(15(2)3)11-13-21-19(20-4)22-14-12-18(24)23-16-9-7-6-8-10-16;/h15-17H,5-14H2,1-4H3,(H,23,24)(H2,20,21,22);1H. The fraction of sp³-hybridized carbons (Fsp3) is 0.895. The Kier molecular flexibility index (Phi) is 15.1. The molecule has 0 spiro atoms. The molecule has 7 heteroatoms. The highest BCUT2D eigenvalue weighted by atomic mass is 127. The van der Waals surface area contributed by atoms with Crippen LogP contribution in [0.15, 0.2) is 4.99 Å². The number of carbonyl (C=O) groups excluding carboxylic acids is 1. The van der Waals surface area contributed by atoms with Crippen LogP contribution in [-0.4, -0.2) is 50.8 Å². The van der Waals surface area contributed by atoms with Gasteiger partial charge in [-0.25, -0.2) is 0 Å². The lowest BCUT2D eigenvalue weighted by Crippen LogP contribution is -2.42. The molecule has 1 aliphatic rings. The molecule has 1 atom stereocenters. The van der Waals surface area contributed by atoms with E-state index >= 15 is 0 Å². The Balaban J connectivity index is 0.00000625. The Hall–Kier alpha value is -0.570. The smallest absolute Gasteiger partial charge is 0.221 e. The molecule has 6 nitrogen and oxygen atoms in total. The van der Waals surface area contributed by atoms with Gasteiger partial charge in [0.25, 0.3) is 0 Å². The number of aliphatic imine (C=N–C) groups is 1. The minimum absolute atomic E-state index is 0. The predicted octanol–water partition coefficient (Wildman–Crippen LogP) is 3.06. The molecule has 154 valence electrons. The zero-order chi connectivity index (χ0) is 18.5. The van der Waals surface area contributed by atoms with Gasteiger partial charge in [0.2, 0.25) is 5.91 Å². The molecule has 3 N–H and O–H groups in total. The normalized spacial score (nSPS) is 16.7. The molecule has 26 heavy (non-hydrogen) atoms. The van der Waals surface area contributed by atoms with Crippen molar-refractivity contribution in [1.29, 1.82) is 0 Å². The summed E-state index contributed by atoms with van der Waals surface area (Å²) in [6, 6.07) is 0.380. The summed E-state index contributed by atoms with van der Waals surface area (Å²) < 4.78 is 5.75. The molecular weight excluding hydrogens is 443 g/mol. The van der Waals surface area contributed by atoms with Gasteiger partial charge in [0, 0.05) is 39.2 Å². The van der Waals surface area contributed by atoms with Gasteiger partial charge in [-0.1, -0.05) is 33.1 Å². The van der Waals surface area contributed by atoms with Gasteiger partial charge in [-0.3, -0.25) is 9.79 Å². The van der Waals surface area contributed by atoms with E-state index in [0.717, 1.165) is 38.4 Å². The highest BCUT2D eigenvalue weighted by molar-refractivity contribution is 14.0. The summed E-state index contributed by atoms with van der Waals surface area (Å²) in [5.74, 6) is 1.37. The number of hydrogen-bond acceptors (Lipinski definition) is 3. The summed E-state index contributed by atoms with van der Waals surface area (Å²) in [5.41, 5.74) is 0. The van der Waals surface area contributed by atoms with Crippen LogP contribution in [0.2, 0.25) is 0 Å². The molecule has 0 bridgehead atoms. The summed E-state index contributed by atoms with van der Waals surface area (Å²) in [5, 5.41) is 9.64. The number of carbonyl (C=O) groups is 1. The molecule has 1 unspecified atom stereocenters. The third kappa shape index (κ3) is 11.2. The maximum Gasteiger partial charge on any atom is 0.221 e. The summed E-state index contributed by atoms with van der Waals surface area (Å²) in [6.45, 7) is 8.53. The van der Waals surface area contributed by atoms with Crippen LogP contribution in [0.25, 0.3) is 0 Å². The lowest BCUT2D eigenvalue weighted by molar-refractivity contribution is -0.121. The number of ether oxygens (including phenoxy) is 1. The van der Waals surface area contributed by atoms with Gasteiger partial charge in [-0.15, -0.1) is 24.0 Å². The first kappa shape index (κ1) is 25.4. The van der Waals surface area contributed by atoms with Crippen LogP contribution in [-0.2, 0) is 9.53 Å². The second-order valence-electron chi connectivity index (χ2n) is 7.10. The third-order valence-corrected chi connectivity index (χ3v) is 4.68. The third-order valence-electron chi connectivity index (χ3n) is 4.68. The maximum atomic E-state index is 12.0. The Morgan fingerprint density at radius 3 is 2.38 bits per heavy atom. The van der Waals surface area contributed by atoms with Gasteiger partial charge in [-0.05, 0) is 32.1 Å². The lowest BCUT2D eigenvalue weighted by Gasteiger charge is -2.23. The molecule has 0 aromatic carbocycles. The van der Waals surface area contributed by atoms with Gasteiger partial charge in [0.1, 0.15) is 0 Å². The van der Waals surface area contributed by atoms with Gasteiger partial charge in [0.05, 0.1) is 6.10 Å². The van der Waals surface area contributed by atoms with Crippen LogP contribution in [0.4, 0.5) is 0 Å². The number of rotatable bonds is 10. The topological polar surface area (TPSA) is 74.8 Å². The molecule has 0 saturated heterocycles. The van der Waals surface area contributed by atoms with Crippen molar-refractivity contribution in [3.8, 4) is 0 Å². The Morgan fingerprint density at radius 1 is 1.15 bits per heavy atom. The summed E-state index contributed by atoms with van der Waals surface area (Å²) >= 11 is 0. The maximum absolute atomic E-state index is 12.0. The van der Waals surface area contributed by atoms with Crippen molar-refractivity contribution < 1.29 is 9.53 Å². The van der Waals surface area contributed by atoms with Crippen molar-refractivity contribution in [2.75, 3.05) is 26.7 Å². The van der Waals surface area contributed by atoms with Gasteiger partial charge < -0.3 is 20.7 Å². The monoisotopic (exact) mass is 482 g/mol. The van der Waals surface area contributed by atoms with E-state index in [9.17, 15) is 4.79 Å². The lowest BCUT2D eigenvalue weighted by atomic mass is 9.95. The van der Waals surface area contributed by atoms with E-state index in [2.05, 4.69) is 34.8 Å². The second-order valence-corrected chi connectivity index (χ2v) is 7.10. The van der Waals surface area contributed by atoms with Crippen molar-refractivity contribution in [2.45, 2.75) is 77.9 Å². The second kappa shape index (κ2) is 15.5. The van der Waals surface area contributed by atoms with Crippen LogP contribution in [0, 0.1) is 5.92 Å². The largest absolute Gasteiger partial charge is 0.378 e. The van der Waals surface area contributed by atoms with Crippen LogP contribution in [0.1, 0.15) is 65.7 Å².